The molecule has 5 aliphatic carbocycles. The van der Waals surface area contributed by atoms with E-state index >= 15 is 4.79 Å². The third-order valence-corrected chi connectivity index (χ3v) is 19.7. The summed E-state index contributed by atoms with van der Waals surface area (Å²) in [4.78, 5) is 44.6. The minimum absolute atomic E-state index is 0.00283. The van der Waals surface area contributed by atoms with Crippen molar-refractivity contribution in [3.8, 4) is 23.3 Å². The molecule has 67 heavy (non-hydrogen) atoms. The standard InChI is InChI=1S/C55H76N2O10/c1-33(60)28-35-10-7-11-36-29-42-43(52(32-59)19-5-6-20-52)31-65-48-44(62)18-17-40(45(42)48)46(36)53(23-25-56-26-24-53)49-41(47(66-34(2)61)39(35)14-9-27-58)16-15-37-13-8-21-54(37)30-38-12-3-4-22-55(38,51(64)67-49)57-50(54)63/h15-18,33,35-39,41-43,46-47,49,56,58-60,62H,3-6,8-10,12-14,19-32H2,1-2H3,(H,57,63)/b16-15+/t33-,35+,36-,37-,38+,39+,41+,42-,43+,46+,47+,49+,54-,55+/m0/s1. The van der Waals surface area contributed by atoms with Crippen LogP contribution in [0, 0.1) is 69.5 Å². The molecule has 12 heteroatoms. The van der Waals surface area contributed by atoms with Crippen molar-refractivity contribution in [3.05, 3.63) is 35.4 Å². The summed E-state index contributed by atoms with van der Waals surface area (Å²) in [6.07, 6.45) is 15.8. The van der Waals surface area contributed by atoms with E-state index < -0.39 is 52.5 Å². The largest absolute Gasteiger partial charge is 0.504 e. The number of phenolic OH excluding ortho intramolecular Hbond substituents is 1. The molecule has 2 saturated heterocycles. The molecule has 3 spiro atoms. The van der Waals surface area contributed by atoms with E-state index in [4.69, 9.17) is 14.2 Å². The van der Waals surface area contributed by atoms with Gasteiger partial charge in [-0.3, -0.25) is 9.59 Å². The number of hydrogen-bond acceptors (Lipinski definition) is 11. The van der Waals surface area contributed by atoms with Crippen LogP contribution < -0.4 is 15.4 Å². The number of benzene rings is 1. The molecular weight excluding hydrogens is 849 g/mol. The third-order valence-electron chi connectivity index (χ3n) is 19.7. The quantitative estimate of drug-likeness (QED) is 0.0901. The zero-order valence-corrected chi connectivity index (χ0v) is 39.9. The fourth-order valence-corrected chi connectivity index (χ4v) is 16.7. The van der Waals surface area contributed by atoms with Crippen LogP contribution in [0.4, 0.5) is 0 Å². The molecule has 12 nitrogen and oxygen atoms in total. The van der Waals surface area contributed by atoms with E-state index in [1.807, 2.05) is 0 Å². The molecule has 5 heterocycles. The Labute approximate surface area is 397 Å². The van der Waals surface area contributed by atoms with Gasteiger partial charge in [-0.15, -0.1) is 5.92 Å². The van der Waals surface area contributed by atoms with Crippen molar-refractivity contribution in [2.24, 2.45) is 57.7 Å². The molecule has 1 aromatic rings. The number of piperidine rings is 2. The Bertz CT molecular complexity index is 2130. The van der Waals surface area contributed by atoms with Crippen molar-refractivity contribution in [1.29, 1.82) is 0 Å². The molecule has 10 aliphatic rings. The number of carbonyl (C=O) groups is 3. The number of ether oxygens (including phenoxy) is 3. The van der Waals surface area contributed by atoms with Gasteiger partial charge in [-0.1, -0.05) is 56.2 Å². The van der Waals surface area contributed by atoms with E-state index in [-0.39, 0.29) is 77.6 Å². The van der Waals surface area contributed by atoms with Crippen LogP contribution in [-0.2, 0) is 23.9 Å². The van der Waals surface area contributed by atoms with Crippen LogP contribution in [0.1, 0.15) is 159 Å². The number of allylic oxidation sites excluding steroid dienone is 1. The summed E-state index contributed by atoms with van der Waals surface area (Å²) in [5, 5.41) is 51.7. The van der Waals surface area contributed by atoms with Crippen LogP contribution in [0.3, 0.4) is 0 Å². The minimum Gasteiger partial charge on any atom is -0.504 e. The molecule has 0 aromatic heterocycles. The second-order valence-corrected chi connectivity index (χ2v) is 23.0. The Morgan fingerprint density at radius 1 is 1.00 bits per heavy atom. The Morgan fingerprint density at radius 3 is 2.54 bits per heavy atom. The molecule has 14 atom stereocenters. The zero-order valence-electron chi connectivity index (χ0n) is 39.9. The van der Waals surface area contributed by atoms with Crippen molar-refractivity contribution < 1.29 is 49.0 Å². The van der Waals surface area contributed by atoms with Crippen molar-refractivity contribution in [3.63, 3.8) is 0 Å². The van der Waals surface area contributed by atoms with Crippen LogP contribution in [-0.4, -0.2) is 95.0 Å². The van der Waals surface area contributed by atoms with Crippen LogP contribution in [0.25, 0.3) is 0 Å². The van der Waals surface area contributed by atoms with Gasteiger partial charge in [0.2, 0.25) is 5.91 Å². The molecule has 6 N–H and O–H groups in total. The third kappa shape index (κ3) is 7.83. The topological polar surface area (TPSA) is 184 Å². The normalized spacial score (nSPS) is 40.2. The molecule has 366 valence electrons. The summed E-state index contributed by atoms with van der Waals surface area (Å²) in [5.74, 6) is 5.28. The number of aliphatic hydroxyl groups excluding tert-OH is 3. The molecule has 2 bridgehead atoms. The number of aromatic hydroxyl groups is 1. The van der Waals surface area contributed by atoms with Gasteiger partial charge in [0.1, 0.15) is 17.7 Å². The van der Waals surface area contributed by atoms with Gasteiger partial charge in [-0.25, -0.2) is 4.79 Å². The molecule has 0 unspecified atom stereocenters. The summed E-state index contributed by atoms with van der Waals surface area (Å²) in [5.41, 5.74) is -0.950. The van der Waals surface area contributed by atoms with Crippen molar-refractivity contribution in [2.45, 2.75) is 172 Å². The van der Waals surface area contributed by atoms with Crippen molar-refractivity contribution in [2.75, 3.05) is 32.9 Å². The Hall–Kier alpha value is -3.63. The summed E-state index contributed by atoms with van der Waals surface area (Å²) in [7, 11) is 0. The molecule has 3 saturated carbocycles. The van der Waals surface area contributed by atoms with E-state index in [9.17, 15) is 30.0 Å². The van der Waals surface area contributed by atoms with E-state index in [1.54, 1.807) is 13.0 Å². The highest BCUT2D eigenvalue weighted by molar-refractivity contribution is 5.93. The van der Waals surface area contributed by atoms with Gasteiger partial charge in [0, 0.05) is 66.6 Å². The van der Waals surface area contributed by atoms with Crippen LogP contribution in [0.15, 0.2) is 24.3 Å². The number of rotatable bonds is 8. The van der Waals surface area contributed by atoms with Gasteiger partial charge in [0.15, 0.2) is 11.5 Å². The first-order chi connectivity index (χ1) is 32.4. The fraction of sp³-hybridized carbons (Fsp3) is 0.764. The van der Waals surface area contributed by atoms with E-state index in [2.05, 4.69) is 40.7 Å². The highest BCUT2D eigenvalue weighted by atomic mass is 16.6. The summed E-state index contributed by atoms with van der Waals surface area (Å²) in [6.45, 7) is 4.91. The predicted molar refractivity (Wildman–Crippen MR) is 250 cm³/mol. The fourth-order valence-electron chi connectivity index (χ4n) is 16.7. The van der Waals surface area contributed by atoms with E-state index in [0.717, 1.165) is 75.3 Å². The molecule has 5 fully saturated rings. The number of fused-ring (bicyclic) bond motifs is 5. The van der Waals surface area contributed by atoms with Crippen molar-refractivity contribution >= 4 is 17.8 Å². The first-order valence-corrected chi connectivity index (χ1v) is 26.4. The highest BCUT2D eigenvalue weighted by Crippen LogP contribution is 2.66. The molecule has 1 amide bonds. The molecular formula is C55H76N2O10. The predicted octanol–water partition coefficient (Wildman–Crippen LogP) is 6.96. The number of phenols is 1. The van der Waals surface area contributed by atoms with Gasteiger partial charge in [0.25, 0.3) is 0 Å². The van der Waals surface area contributed by atoms with Crippen LogP contribution >= 0.6 is 0 Å². The SMILES string of the molecule is CC(=O)O[C@H]1[C@H]2/C=C/[C@@H]3CCC[C@]34C[C@H]3CCCC[C@]3(NC4=O)C(=O)O[C@H]2C2(CCNCC2)[C@H]2c3ccc(O)c4c3[C@@H](C[C@@H]2C#CC[C@H](C[C@H](C)O)[C@H]1CCCO)[C@H](C1(CO)CCCC1)CO4. The minimum atomic E-state index is -1.19. The monoisotopic (exact) mass is 925 g/mol. The Morgan fingerprint density at radius 2 is 1.79 bits per heavy atom. The van der Waals surface area contributed by atoms with Crippen LogP contribution in [0.2, 0.25) is 0 Å². The van der Waals surface area contributed by atoms with E-state index in [1.165, 1.54) is 6.92 Å². The van der Waals surface area contributed by atoms with Gasteiger partial charge in [-0.2, -0.15) is 0 Å². The summed E-state index contributed by atoms with van der Waals surface area (Å²) >= 11 is 0. The molecule has 5 aliphatic heterocycles. The number of amides is 1. The lowest BCUT2D eigenvalue weighted by Gasteiger charge is -2.57. The Balaban J connectivity index is 1.25. The molecule has 1 aromatic carbocycles. The first-order valence-electron chi connectivity index (χ1n) is 26.4. The van der Waals surface area contributed by atoms with Gasteiger partial charge in [0.05, 0.1) is 24.0 Å². The Kier molecular flexibility index (Phi) is 13.1. The first kappa shape index (κ1) is 47.1. The second kappa shape index (κ2) is 18.6. The number of esters is 2. The van der Waals surface area contributed by atoms with Gasteiger partial charge in [-0.05, 0) is 139 Å². The van der Waals surface area contributed by atoms with E-state index in [0.29, 0.717) is 83.2 Å². The van der Waals surface area contributed by atoms with Crippen LogP contribution in [0.5, 0.6) is 11.5 Å². The lowest BCUT2D eigenvalue weighted by Crippen LogP contribution is -2.69. The number of hydrogen-bond donors (Lipinski definition) is 6. The summed E-state index contributed by atoms with van der Waals surface area (Å²) in [6, 6.07) is 3.82. The number of nitrogens with one attached hydrogen (secondary N) is 2. The maximum Gasteiger partial charge on any atom is 0.332 e. The maximum absolute atomic E-state index is 16.0. The molecule has 0 radical (unpaired) electrons. The van der Waals surface area contributed by atoms with Gasteiger partial charge < -0.3 is 45.3 Å². The highest BCUT2D eigenvalue weighted by Gasteiger charge is 2.65. The number of aliphatic hydroxyl groups is 3. The zero-order chi connectivity index (χ0) is 46.7. The summed E-state index contributed by atoms with van der Waals surface area (Å²) < 4.78 is 21.0. The molecule has 11 rings (SSSR count). The lowest BCUT2D eigenvalue weighted by atomic mass is 9.50. The van der Waals surface area contributed by atoms with Crippen molar-refractivity contribution in [1.82, 2.24) is 10.6 Å². The average molecular weight is 925 g/mol. The second-order valence-electron chi connectivity index (χ2n) is 23.0. The maximum atomic E-state index is 16.0. The smallest absolute Gasteiger partial charge is 0.332 e. The average Bonchev–Trinajstić information content (AvgIpc) is 3.97. The van der Waals surface area contributed by atoms with Gasteiger partial charge >= 0.3 is 11.9 Å². The lowest BCUT2D eigenvalue weighted by molar-refractivity contribution is -0.192. The number of carbonyl (C=O) groups excluding carboxylic acids is 3.